The van der Waals surface area contributed by atoms with Crippen molar-refractivity contribution in [2.45, 2.75) is 5.03 Å². The van der Waals surface area contributed by atoms with Crippen LogP contribution in [0.1, 0.15) is 5.56 Å². The van der Waals surface area contributed by atoms with Crippen molar-refractivity contribution in [2.75, 3.05) is 18.6 Å². The minimum absolute atomic E-state index is 0.0926. The second kappa shape index (κ2) is 3.32. The Hall–Kier alpha value is -1.13. The van der Waals surface area contributed by atoms with Crippen LogP contribution in [-0.2, 0) is 9.84 Å². The van der Waals surface area contributed by atoms with Crippen LogP contribution in [0.25, 0.3) is 0 Å². The molecule has 0 atom stereocenters. The van der Waals surface area contributed by atoms with Crippen molar-refractivity contribution in [2.24, 2.45) is 0 Å². The maximum atomic E-state index is 11.1. The number of hydrogen-bond donors (Lipinski definition) is 1. The molecule has 1 rings (SSSR count). The summed E-state index contributed by atoms with van der Waals surface area (Å²) in [6.07, 6.45) is 1.03. The summed E-state index contributed by atoms with van der Waals surface area (Å²) in [5.74, 6) is 0. The first kappa shape index (κ1) is 9.95. The quantitative estimate of drug-likeness (QED) is 0.778. The van der Waals surface area contributed by atoms with Gasteiger partial charge < -0.3 is 5.32 Å². The molecule has 0 radical (unpaired) electrons. The molecule has 70 valence electrons. The number of nitrogens with one attached hydrogen (secondary N) is 1. The van der Waals surface area contributed by atoms with E-state index in [1.807, 2.05) is 6.07 Å². The molecule has 0 amide bonds. The Labute approximate surface area is 80.1 Å². The highest BCUT2D eigenvalue weighted by atomic mass is 32.2. The van der Waals surface area contributed by atoms with Crippen molar-refractivity contribution in [1.29, 1.82) is 5.26 Å². The second-order valence-corrected chi connectivity index (χ2v) is 5.03. The first-order chi connectivity index (χ1) is 6.00. The van der Waals surface area contributed by atoms with Gasteiger partial charge in [0.1, 0.15) is 16.6 Å². The average Bonchev–Trinajstić information content (AvgIpc) is 2.45. The van der Waals surface area contributed by atoms with Gasteiger partial charge >= 0.3 is 0 Å². The first-order valence-corrected chi connectivity index (χ1v) is 5.94. The molecular formula is C6H7N3O2S2. The van der Waals surface area contributed by atoms with E-state index in [1.165, 1.54) is 0 Å². The lowest BCUT2D eigenvalue weighted by Crippen LogP contribution is -2.00. The highest BCUT2D eigenvalue weighted by molar-refractivity contribution is 7.90. The third-order valence-electron chi connectivity index (χ3n) is 1.35. The van der Waals surface area contributed by atoms with E-state index in [2.05, 4.69) is 9.69 Å². The fourth-order valence-corrected chi connectivity index (χ4v) is 2.62. The smallest absolute Gasteiger partial charge is 0.195 e. The molecule has 1 aromatic heterocycles. The molecule has 0 aliphatic rings. The molecule has 1 N–H and O–H groups in total. The van der Waals surface area contributed by atoms with Gasteiger partial charge in [-0.2, -0.15) is 9.64 Å². The lowest BCUT2D eigenvalue weighted by atomic mass is 10.4. The molecular weight excluding hydrogens is 210 g/mol. The molecule has 0 fully saturated rings. The summed E-state index contributed by atoms with van der Waals surface area (Å²) in [5, 5.41) is 11.7. The number of aromatic nitrogens is 1. The van der Waals surface area contributed by atoms with Crippen molar-refractivity contribution < 1.29 is 8.42 Å². The van der Waals surface area contributed by atoms with E-state index in [0.29, 0.717) is 5.00 Å². The zero-order valence-corrected chi connectivity index (χ0v) is 8.66. The Morgan fingerprint density at radius 3 is 2.62 bits per heavy atom. The van der Waals surface area contributed by atoms with E-state index in [1.54, 1.807) is 7.05 Å². The Kier molecular flexibility index (Phi) is 2.54. The summed E-state index contributed by atoms with van der Waals surface area (Å²) in [6.45, 7) is 0. The SMILES string of the molecule is CNc1snc(S(C)(=O)=O)c1C#N. The Balaban J connectivity index is 3.43. The minimum Gasteiger partial charge on any atom is -0.378 e. The van der Waals surface area contributed by atoms with Crippen LogP contribution in [0.15, 0.2) is 5.03 Å². The molecule has 0 saturated carbocycles. The van der Waals surface area contributed by atoms with Gasteiger partial charge in [-0.05, 0) is 11.5 Å². The molecule has 1 aromatic rings. The van der Waals surface area contributed by atoms with Crippen molar-refractivity contribution in [1.82, 2.24) is 4.37 Å². The summed E-state index contributed by atoms with van der Waals surface area (Å²) < 4.78 is 25.9. The molecule has 0 aromatic carbocycles. The minimum atomic E-state index is -3.40. The number of sulfone groups is 1. The van der Waals surface area contributed by atoms with E-state index in [-0.39, 0.29) is 10.6 Å². The van der Waals surface area contributed by atoms with Gasteiger partial charge in [0, 0.05) is 13.3 Å². The largest absolute Gasteiger partial charge is 0.378 e. The number of nitrogens with zero attached hydrogens (tertiary/aromatic N) is 2. The van der Waals surface area contributed by atoms with Gasteiger partial charge in [-0.3, -0.25) is 0 Å². The number of anilines is 1. The van der Waals surface area contributed by atoms with Gasteiger partial charge in [-0.25, -0.2) is 8.42 Å². The zero-order chi connectivity index (χ0) is 10.1. The maximum Gasteiger partial charge on any atom is 0.195 e. The van der Waals surface area contributed by atoms with Crippen LogP contribution >= 0.6 is 11.5 Å². The summed E-state index contributed by atoms with van der Waals surface area (Å²) in [5.41, 5.74) is 0.0926. The molecule has 0 saturated heterocycles. The summed E-state index contributed by atoms with van der Waals surface area (Å²) in [4.78, 5) is 0. The highest BCUT2D eigenvalue weighted by Gasteiger charge is 2.20. The maximum absolute atomic E-state index is 11.1. The second-order valence-electron chi connectivity index (χ2n) is 2.33. The van der Waals surface area contributed by atoms with Crippen molar-refractivity contribution in [3.8, 4) is 6.07 Å². The first-order valence-electron chi connectivity index (χ1n) is 3.28. The van der Waals surface area contributed by atoms with E-state index >= 15 is 0 Å². The van der Waals surface area contributed by atoms with Crippen LogP contribution in [-0.4, -0.2) is 26.1 Å². The summed E-state index contributed by atoms with van der Waals surface area (Å²) in [7, 11) is -1.79. The highest BCUT2D eigenvalue weighted by Crippen LogP contribution is 2.26. The zero-order valence-electron chi connectivity index (χ0n) is 7.03. The fourth-order valence-electron chi connectivity index (χ4n) is 0.798. The Bertz CT molecular complexity index is 455. The van der Waals surface area contributed by atoms with Gasteiger partial charge in [0.2, 0.25) is 0 Å². The average molecular weight is 217 g/mol. The molecule has 0 aliphatic carbocycles. The molecule has 13 heavy (non-hydrogen) atoms. The van der Waals surface area contributed by atoms with Gasteiger partial charge in [0.25, 0.3) is 0 Å². The molecule has 5 nitrogen and oxygen atoms in total. The molecule has 0 unspecified atom stereocenters. The van der Waals surface area contributed by atoms with Crippen LogP contribution < -0.4 is 5.32 Å². The van der Waals surface area contributed by atoms with Crippen LogP contribution in [0.4, 0.5) is 5.00 Å². The molecule has 1 heterocycles. The van der Waals surface area contributed by atoms with Crippen LogP contribution in [0.2, 0.25) is 0 Å². The van der Waals surface area contributed by atoms with Gasteiger partial charge in [-0.15, -0.1) is 0 Å². The fraction of sp³-hybridized carbons (Fsp3) is 0.333. The predicted molar refractivity (Wildman–Crippen MR) is 49.5 cm³/mol. The number of hydrogen-bond acceptors (Lipinski definition) is 6. The summed E-state index contributed by atoms with van der Waals surface area (Å²) in [6, 6.07) is 1.81. The lowest BCUT2D eigenvalue weighted by Gasteiger charge is -1.93. The van der Waals surface area contributed by atoms with Gasteiger partial charge in [0.05, 0.1) is 0 Å². The van der Waals surface area contributed by atoms with Crippen molar-refractivity contribution >= 4 is 26.4 Å². The third-order valence-corrected chi connectivity index (χ3v) is 3.33. The predicted octanol–water partition coefficient (Wildman–Crippen LogP) is 0.460. The van der Waals surface area contributed by atoms with Crippen LogP contribution in [0.5, 0.6) is 0 Å². The molecule has 0 spiro atoms. The van der Waals surface area contributed by atoms with Crippen LogP contribution in [0.3, 0.4) is 0 Å². The normalized spacial score (nSPS) is 10.8. The van der Waals surface area contributed by atoms with E-state index < -0.39 is 9.84 Å². The Morgan fingerprint density at radius 2 is 2.23 bits per heavy atom. The van der Waals surface area contributed by atoms with Crippen molar-refractivity contribution in [3.63, 3.8) is 0 Å². The summed E-state index contributed by atoms with van der Waals surface area (Å²) >= 11 is 0.965. The standard InChI is InChI=1S/C6H7N3O2S2/c1-8-5-4(3-7)6(9-12-5)13(2,10)11/h8H,1-2H3. The Morgan fingerprint density at radius 1 is 1.62 bits per heavy atom. The van der Waals surface area contributed by atoms with E-state index in [4.69, 9.17) is 5.26 Å². The van der Waals surface area contributed by atoms with Crippen molar-refractivity contribution in [3.05, 3.63) is 5.56 Å². The molecule has 0 aliphatic heterocycles. The topological polar surface area (TPSA) is 82.8 Å². The van der Waals surface area contributed by atoms with Gasteiger partial charge in [0.15, 0.2) is 14.9 Å². The monoisotopic (exact) mass is 217 g/mol. The third kappa shape index (κ3) is 1.79. The molecule has 0 bridgehead atoms. The number of nitriles is 1. The lowest BCUT2D eigenvalue weighted by molar-refractivity contribution is 0.599. The van der Waals surface area contributed by atoms with Crippen LogP contribution in [0, 0.1) is 11.3 Å². The number of rotatable bonds is 2. The van der Waals surface area contributed by atoms with E-state index in [9.17, 15) is 8.42 Å². The van der Waals surface area contributed by atoms with E-state index in [0.717, 1.165) is 17.8 Å². The van der Waals surface area contributed by atoms with Gasteiger partial charge in [-0.1, -0.05) is 0 Å². The molecule has 7 heteroatoms.